The van der Waals surface area contributed by atoms with Crippen LogP contribution in [0.5, 0.6) is 0 Å². The van der Waals surface area contributed by atoms with E-state index in [1.54, 1.807) is 0 Å². The molecule has 0 saturated heterocycles. The summed E-state index contributed by atoms with van der Waals surface area (Å²) >= 11 is 0. The molecule has 1 heterocycles. The average Bonchev–Trinajstić information content (AvgIpc) is 2.79. The fraction of sp³-hybridized carbons (Fsp3) is 0.812. The first kappa shape index (κ1) is 18.9. The average molecular weight is 331 g/mol. The van der Waals surface area contributed by atoms with Crippen molar-refractivity contribution in [3.8, 4) is 0 Å². The van der Waals surface area contributed by atoms with Crippen LogP contribution in [0.15, 0.2) is 17.4 Å². The van der Waals surface area contributed by atoms with Crippen LogP contribution in [0.3, 0.4) is 0 Å². The van der Waals surface area contributed by atoms with Crippen molar-refractivity contribution in [1.29, 1.82) is 0 Å². The van der Waals surface area contributed by atoms with Crippen LogP contribution in [0, 0.1) is 0 Å². The lowest BCUT2D eigenvalue weighted by Gasteiger charge is -2.21. The largest absolute Gasteiger partial charge is 1.00 e. The lowest BCUT2D eigenvalue weighted by Crippen LogP contribution is -3.00. The maximum Gasteiger partial charge on any atom is 0.194 e. The highest BCUT2D eigenvalue weighted by molar-refractivity contribution is 5.50. The van der Waals surface area contributed by atoms with Gasteiger partial charge < -0.3 is 17.0 Å². The smallest absolute Gasteiger partial charge is 0.194 e. The zero-order chi connectivity index (χ0) is 13.1. The number of hydrogen-bond acceptors (Lipinski definition) is 1. The number of rotatable bonds is 11. The highest BCUT2D eigenvalue weighted by atomic mass is 79.9. The van der Waals surface area contributed by atoms with E-state index in [1.807, 2.05) is 12.5 Å². The van der Waals surface area contributed by atoms with Crippen LogP contribution in [0.2, 0.25) is 0 Å². The number of aliphatic imine (C=N–C) groups is 1. The highest BCUT2D eigenvalue weighted by Gasteiger charge is 2.17. The van der Waals surface area contributed by atoms with Crippen LogP contribution in [-0.2, 0) is 0 Å². The Morgan fingerprint density at radius 2 is 1.37 bits per heavy atom. The Kier molecular flexibility index (Phi) is 11.6. The van der Waals surface area contributed by atoms with Crippen LogP contribution in [-0.4, -0.2) is 24.4 Å². The summed E-state index contributed by atoms with van der Waals surface area (Å²) in [5.41, 5.74) is 0. The van der Waals surface area contributed by atoms with Gasteiger partial charge in [-0.05, 0) is 12.8 Å². The summed E-state index contributed by atoms with van der Waals surface area (Å²) in [5, 5.41) is 0. The molecule has 0 aromatic carbocycles. The molecule has 1 rings (SSSR count). The third-order valence-corrected chi connectivity index (χ3v) is 3.82. The van der Waals surface area contributed by atoms with Gasteiger partial charge >= 0.3 is 0 Å². The maximum atomic E-state index is 4.17. The lowest BCUT2D eigenvalue weighted by molar-refractivity contribution is -0.756. The first-order valence-electron chi connectivity index (χ1n) is 7.84. The van der Waals surface area contributed by atoms with Crippen LogP contribution in [0.25, 0.3) is 0 Å². The van der Waals surface area contributed by atoms with Gasteiger partial charge in [0.05, 0.1) is 19.8 Å². The zero-order valence-corrected chi connectivity index (χ0v) is 14.4. The first-order valence-corrected chi connectivity index (χ1v) is 7.84. The summed E-state index contributed by atoms with van der Waals surface area (Å²) in [6.45, 7) is 3.49. The van der Waals surface area contributed by atoms with Gasteiger partial charge in [-0.2, -0.15) is 0 Å². The number of unbranched alkanes of at least 4 members (excludes halogenated alkanes) is 9. The normalized spacial score (nSPS) is 20.7. The van der Waals surface area contributed by atoms with Gasteiger partial charge in [-0.15, -0.1) is 0 Å². The van der Waals surface area contributed by atoms with Crippen LogP contribution in [0.4, 0.5) is 0 Å². The summed E-state index contributed by atoms with van der Waals surface area (Å²) in [4.78, 5) is 4.17. The summed E-state index contributed by atoms with van der Waals surface area (Å²) in [6, 6.07) is 0. The quantitative estimate of drug-likeness (QED) is 0.405. The molecule has 0 bridgehead atoms. The van der Waals surface area contributed by atoms with Crippen molar-refractivity contribution < 1.29 is 21.5 Å². The van der Waals surface area contributed by atoms with Gasteiger partial charge in [0.1, 0.15) is 6.20 Å². The van der Waals surface area contributed by atoms with Gasteiger partial charge in [-0.25, -0.2) is 4.99 Å². The van der Waals surface area contributed by atoms with Crippen molar-refractivity contribution in [3.05, 3.63) is 12.4 Å². The van der Waals surface area contributed by atoms with Gasteiger partial charge in [-0.3, -0.25) is 4.48 Å². The third kappa shape index (κ3) is 9.39. The van der Waals surface area contributed by atoms with E-state index in [0.29, 0.717) is 0 Å². The minimum absolute atomic E-state index is 0. The molecule has 0 radical (unpaired) electrons. The molecule has 0 amide bonds. The van der Waals surface area contributed by atoms with Crippen LogP contribution in [0.1, 0.15) is 71.1 Å². The second-order valence-corrected chi connectivity index (χ2v) is 5.82. The Morgan fingerprint density at radius 1 is 0.842 bits per heavy atom. The molecule has 1 aliphatic rings. The van der Waals surface area contributed by atoms with Crippen molar-refractivity contribution in [2.45, 2.75) is 71.1 Å². The van der Waals surface area contributed by atoms with E-state index in [2.05, 4.69) is 25.2 Å². The fourth-order valence-corrected chi connectivity index (χ4v) is 2.49. The van der Waals surface area contributed by atoms with E-state index in [9.17, 15) is 0 Å². The minimum Gasteiger partial charge on any atom is -1.00 e. The molecular weight excluding hydrogens is 300 g/mol. The van der Waals surface area contributed by atoms with E-state index in [0.717, 1.165) is 4.48 Å². The molecule has 3 heteroatoms. The Hall–Kier alpha value is -0.150. The topological polar surface area (TPSA) is 12.4 Å². The monoisotopic (exact) mass is 330 g/mol. The van der Waals surface area contributed by atoms with Crippen LogP contribution < -0.4 is 17.0 Å². The Bertz CT molecular complexity index is 249. The molecular formula is C16H31BrN2. The summed E-state index contributed by atoms with van der Waals surface area (Å²) in [5.74, 6) is 0. The predicted octanol–water partition coefficient (Wildman–Crippen LogP) is 1.87. The van der Waals surface area contributed by atoms with E-state index in [1.165, 1.54) is 70.8 Å². The molecule has 0 aliphatic carbocycles. The van der Waals surface area contributed by atoms with Crippen molar-refractivity contribution in [2.75, 3.05) is 13.6 Å². The molecule has 0 aromatic heterocycles. The Morgan fingerprint density at radius 3 is 1.84 bits per heavy atom. The molecule has 19 heavy (non-hydrogen) atoms. The van der Waals surface area contributed by atoms with Gasteiger partial charge in [0.15, 0.2) is 6.34 Å². The summed E-state index contributed by atoms with van der Waals surface area (Å²) < 4.78 is 0.900. The number of nitrogens with zero attached hydrogens (tertiary/aromatic N) is 2. The number of quaternary nitrogens is 1. The van der Waals surface area contributed by atoms with Gasteiger partial charge in [0, 0.05) is 0 Å². The molecule has 0 aromatic rings. The second kappa shape index (κ2) is 11.7. The molecule has 112 valence electrons. The molecule has 0 fully saturated rings. The van der Waals surface area contributed by atoms with Gasteiger partial charge in [0.2, 0.25) is 0 Å². The Balaban J connectivity index is 0.00000324. The minimum atomic E-state index is 0. The van der Waals surface area contributed by atoms with Crippen LogP contribution >= 0.6 is 0 Å². The number of halogens is 1. The van der Waals surface area contributed by atoms with Crippen molar-refractivity contribution in [3.63, 3.8) is 0 Å². The van der Waals surface area contributed by atoms with Crippen molar-refractivity contribution in [2.24, 2.45) is 4.99 Å². The standard InChI is InChI=1S/C16H31N2.BrH/c1-3-4-5-6-7-8-9-10-11-12-14-18(2)15-13-17-16-18;/h13,15-16H,3-12,14H2,1-2H3;1H/q+1;/p-1. The SMILES string of the molecule is CCCCCCCCCCCC[N+]1(C)C=CN=C1.[Br-]. The molecule has 0 N–H and O–H groups in total. The molecule has 1 unspecified atom stereocenters. The molecule has 0 spiro atoms. The summed E-state index contributed by atoms with van der Waals surface area (Å²) in [6.07, 6.45) is 20.2. The third-order valence-electron chi connectivity index (χ3n) is 3.82. The summed E-state index contributed by atoms with van der Waals surface area (Å²) in [7, 11) is 2.22. The predicted molar refractivity (Wildman–Crippen MR) is 80.5 cm³/mol. The van der Waals surface area contributed by atoms with Crippen molar-refractivity contribution >= 4 is 6.34 Å². The van der Waals surface area contributed by atoms with E-state index in [-0.39, 0.29) is 17.0 Å². The van der Waals surface area contributed by atoms with Crippen molar-refractivity contribution in [1.82, 2.24) is 0 Å². The van der Waals surface area contributed by atoms with E-state index >= 15 is 0 Å². The highest BCUT2D eigenvalue weighted by Crippen LogP contribution is 2.13. The Labute approximate surface area is 130 Å². The number of hydrogen-bond donors (Lipinski definition) is 0. The fourth-order valence-electron chi connectivity index (χ4n) is 2.49. The van der Waals surface area contributed by atoms with E-state index in [4.69, 9.17) is 0 Å². The molecule has 1 aliphatic heterocycles. The maximum absolute atomic E-state index is 4.17. The van der Waals surface area contributed by atoms with Gasteiger partial charge in [0.25, 0.3) is 0 Å². The molecule has 1 atom stereocenters. The van der Waals surface area contributed by atoms with Gasteiger partial charge in [-0.1, -0.05) is 58.3 Å². The second-order valence-electron chi connectivity index (χ2n) is 5.82. The zero-order valence-electron chi connectivity index (χ0n) is 12.8. The van der Waals surface area contributed by atoms with E-state index < -0.39 is 0 Å². The molecule has 2 nitrogen and oxygen atoms in total. The molecule has 0 saturated carbocycles. The first-order chi connectivity index (χ1) is 8.77. The lowest BCUT2D eigenvalue weighted by atomic mass is 10.1.